The quantitative estimate of drug-likeness (QED) is 0.457. The first-order valence-corrected chi connectivity index (χ1v) is 3.84. The lowest BCUT2D eigenvalue weighted by Crippen LogP contribution is -2.39. The fraction of sp³-hybridized carbons (Fsp3) is 1.00. The zero-order valence-corrected chi connectivity index (χ0v) is 6.31. The second kappa shape index (κ2) is 4.01. The zero-order chi connectivity index (χ0) is 8.27. The average molecular weight is 162 g/mol. The Morgan fingerprint density at radius 2 is 2.09 bits per heavy atom. The van der Waals surface area contributed by atoms with E-state index in [4.69, 9.17) is 9.84 Å². The van der Waals surface area contributed by atoms with E-state index in [-0.39, 0.29) is 6.61 Å². The molecule has 3 N–H and O–H groups in total. The van der Waals surface area contributed by atoms with Gasteiger partial charge in [-0.05, 0) is 12.8 Å². The Morgan fingerprint density at radius 3 is 2.73 bits per heavy atom. The molecule has 4 heteroatoms. The molecule has 1 aliphatic rings. The molecule has 11 heavy (non-hydrogen) atoms. The maximum Gasteiger partial charge on any atom is 0.109 e. The Labute approximate surface area is 65.4 Å². The fourth-order valence-electron chi connectivity index (χ4n) is 1.21. The van der Waals surface area contributed by atoms with Gasteiger partial charge < -0.3 is 20.1 Å². The predicted octanol–water partition coefficient (Wildman–Crippen LogP) is -1.12. The Morgan fingerprint density at radius 1 is 1.36 bits per heavy atom. The smallest absolute Gasteiger partial charge is 0.109 e. The molecule has 1 fully saturated rings. The zero-order valence-electron chi connectivity index (χ0n) is 6.31. The van der Waals surface area contributed by atoms with Gasteiger partial charge in [-0.15, -0.1) is 0 Å². The third-order valence-electron chi connectivity index (χ3n) is 1.93. The molecular weight excluding hydrogens is 148 g/mol. The van der Waals surface area contributed by atoms with Crippen molar-refractivity contribution >= 4 is 0 Å². The van der Waals surface area contributed by atoms with Crippen molar-refractivity contribution in [1.29, 1.82) is 0 Å². The van der Waals surface area contributed by atoms with Gasteiger partial charge in [0.05, 0.1) is 12.7 Å². The summed E-state index contributed by atoms with van der Waals surface area (Å²) in [4.78, 5) is 0. The summed E-state index contributed by atoms with van der Waals surface area (Å²) in [7, 11) is 0. The first-order valence-electron chi connectivity index (χ1n) is 3.84. The van der Waals surface area contributed by atoms with Crippen molar-refractivity contribution in [2.45, 2.75) is 31.2 Å². The Bertz CT molecular complexity index is 117. The van der Waals surface area contributed by atoms with Crippen LogP contribution < -0.4 is 0 Å². The first kappa shape index (κ1) is 8.93. The van der Waals surface area contributed by atoms with Gasteiger partial charge in [-0.3, -0.25) is 0 Å². The minimum absolute atomic E-state index is 0.238. The first-order chi connectivity index (χ1) is 5.25. The minimum atomic E-state index is -0.942. The Hall–Kier alpha value is -0.160. The van der Waals surface area contributed by atoms with Gasteiger partial charge in [0.15, 0.2) is 0 Å². The molecule has 66 valence electrons. The molecule has 0 bridgehead atoms. The van der Waals surface area contributed by atoms with Crippen LogP contribution in [0, 0.1) is 0 Å². The lowest BCUT2D eigenvalue weighted by Gasteiger charge is -2.21. The molecule has 0 aromatic heterocycles. The van der Waals surface area contributed by atoms with E-state index in [1.165, 1.54) is 0 Å². The van der Waals surface area contributed by atoms with Crippen LogP contribution in [0.1, 0.15) is 12.8 Å². The summed E-state index contributed by atoms with van der Waals surface area (Å²) in [6, 6.07) is 0. The molecular formula is C7H14O4. The van der Waals surface area contributed by atoms with E-state index in [0.29, 0.717) is 13.0 Å². The largest absolute Gasteiger partial charge is 0.394 e. The second-order valence-electron chi connectivity index (χ2n) is 2.79. The van der Waals surface area contributed by atoms with Crippen LogP contribution in [0.15, 0.2) is 0 Å². The van der Waals surface area contributed by atoms with E-state index >= 15 is 0 Å². The maximum absolute atomic E-state index is 9.28. The molecule has 0 aromatic carbocycles. The summed E-state index contributed by atoms with van der Waals surface area (Å²) in [5, 5.41) is 27.2. The van der Waals surface area contributed by atoms with Gasteiger partial charge >= 0.3 is 0 Å². The third kappa shape index (κ3) is 2.13. The van der Waals surface area contributed by atoms with Crippen LogP contribution in [0.25, 0.3) is 0 Å². The summed E-state index contributed by atoms with van der Waals surface area (Å²) in [5.41, 5.74) is 0. The summed E-state index contributed by atoms with van der Waals surface area (Å²) in [5.74, 6) is 0. The second-order valence-corrected chi connectivity index (χ2v) is 2.79. The molecule has 0 spiro atoms. The molecule has 1 rings (SSSR count). The fourth-order valence-corrected chi connectivity index (χ4v) is 1.21. The highest BCUT2D eigenvalue weighted by Crippen LogP contribution is 2.14. The van der Waals surface area contributed by atoms with Crippen LogP contribution in [0.2, 0.25) is 0 Å². The standard InChI is InChI=1S/C7H14O4/c8-4-6-7(10)5(9)2-1-3-11-6/h5-10H,1-4H2. The van der Waals surface area contributed by atoms with Crippen LogP contribution in [-0.4, -0.2) is 46.8 Å². The molecule has 3 atom stereocenters. The molecule has 4 nitrogen and oxygen atoms in total. The predicted molar refractivity (Wildman–Crippen MR) is 38.1 cm³/mol. The molecule has 0 radical (unpaired) electrons. The minimum Gasteiger partial charge on any atom is -0.394 e. The van der Waals surface area contributed by atoms with Crippen LogP contribution in [0.5, 0.6) is 0 Å². The molecule has 1 heterocycles. The van der Waals surface area contributed by atoms with E-state index in [0.717, 1.165) is 6.42 Å². The number of hydrogen-bond donors (Lipinski definition) is 3. The van der Waals surface area contributed by atoms with Crippen LogP contribution in [0.4, 0.5) is 0 Å². The van der Waals surface area contributed by atoms with Crippen molar-refractivity contribution in [3.05, 3.63) is 0 Å². The van der Waals surface area contributed by atoms with E-state index in [2.05, 4.69) is 0 Å². The summed E-state index contributed by atoms with van der Waals surface area (Å²) < 4.78 is 5.07. The van der Waals surface area contributed by atoms with Crippen molar-refractivity contribution in [3.63, 3.8) is 0 Å². The van der Waals surface area contributed by atoms with Crippen molar-refractivity contribution < 1.29 is 20.1 Å². The maximum atomic E-state index is 9.28. The van der Waals surface area contributed by atoms with Crippen molar-refractivity contribution in [2.75, 3.05) is 13.2 Å². The normalized spacial score (nSPS) is 40.1. The van der Waals surface area contributed by atoms with Gasteiger partial charge in [-0.2, -0.15) is 0 Å². The number of aliphatic hydroxyl groups is 3. The SMILES string of the molecule is OCC1OCCCC(O)C1O. The van der Waals surface area contributed by atoms with Crippen LogP contribution in [0.3, 0.4) is 0 Å². The highest BCUT2D eigenvalue weighted by Gasteiger charge is 2.28. The van der Waals surface area contributed by atoms with Crippen LogP contribution in [-0.2, 0) is 4.74 Å². The van der Waals surface area contributed by atoms with Gasteiger partial charge in [0.1, 0.15) is 12.2 Å². The average Bonchev–Trinajstić information content (AvgIpc) is 2.16. The summed E-state index contributed by atoms with van der Waals surface area (Å²) in [6.45, 7) is 0.261. The van der Waals surface area contributed by atoms with E-state index in [1.54, 1.807) is 0 Å². The number of aliphatic hydroxyl groups excluding tert-OH is 3. The molecule has 1 aliphatic heterocycles. The van der Waals surface area contributed by atoms with Crippen molar-refractivity contribution in [3.8, 4) is 0 Å². The Balaban J connectivity index is 2.49. The third-order valence-corrected chi connectivity index (χ3v) is 1.93. The number of ether oxygens (including phenoxy) is 1. The monoisotopic (exact) mass is 162 g/mol. The molecule has 0 aromatic rings. The van der Waals surface area contributed by atoms with E-state index in [9.17, 15) is 10.2 Å². The van der Waals surface area contributed by atoms with Crippen LogP contribution >= 0.6 is 0 Å². The van der Waals surface area contributed by atoms with E-state index < -0.39 is 18.3 Å². The molecule has 3 unspecified atom stereocenters. The molecule has 0 aliphatic carbocycles. The number of hydrogen-bond acceptors (Lipinski definition) is 4. The van der Waals surface area contributed by atoms with Gasteiger partial charge in [-0.25, -0.2) is 0 Å². The lowest BCUT2D eigenvalue weighted by molar-refractivity contribution is -0.0887. The van der Waals surface area contributed by atoms with Crippen molar-refractivity contribution in [2.24, 2.45) is 0 Å². The highest BCUT2D eigenvalue weighted by atomic mass is 16.5. The summed E-state index contributed by atoms with van der Waals surface area (Å²) in [6.07, 6.45) is -1.04. The van der Waals surface area contributed by atoms with E-state index in [1.807, 2.05) is 0 Å². The topological polar surface area (TPSA) is 69.9 Å². The van der Waals surface area contributed by atoms with Gasteiger partial charge in [-0.1, -0.05) is 0 Å². The number of rotatable bonds is 1. The highest BCUT2D eigenvalue weighted by molar-refractivity contribution is 4.78. The molecule has 0 saturated carbocycles. The van der Waals surface area contributed by atoms with Gasteiger partial charge in [0, 0.05) is 6.61 Å². The summed E-state index contributed by atoms with van der Waals surface area (Å²) >= 11 is 0. The Kier molecular flexibility index (Phi) is 3.26. The molecule has 1 saturated heterocycles. The lowest BCUT2D eigenvalue weighted by atomic mass is 10.1. The van der Waals surface area contributed by atoms with Gasteiger partial charge in [0.2, 0.25) is 0 Å². The van der Waals surface area contributed by atoms with Crippen molar-refractivity contribution in [1.82, 2.24) is 0 Å². The molecule has 0 amide bonds. The van der Waals surface area contributed by atoms with Gasteiger partial charge in [0.25, 0.3) is 0 Å².